The van der Waals surface area contributed by atoms with Crippen molar-refractivity contribution in [2.24, 2.45) is 0 Å². The van der Waals surface area contributed by atoms with Gasteiger partial charge in [-0.15, -0.1) is 0 Å². The molecule has 1 aliphatic rings. The molecule has 1 N–H and O–H groups in total. The molecule has 5 heteroatoms. The van der Waals surface area contributed by atoms with Gasteiger partial charge in [-0.2, -0.15) is 0 Å². The summed E-state index contributed by atoms with van der Waals surface area (Å²) in [6.45, 7) is 2.56. The standard InChI is InChI=1S/C10H11Cl2NOS/c11-8-2-1-7(5-9(8)12)15-10-6-13-3-4-14-10/h1-2,5,10,13H,3-4,6H2. The summed E-state index contributed by atoms with van der Waals surface area (Å²) in [7, 11) is 0. The molecule has 0 aliphatic carbocycles. The van der Waals surface area contributed by atoms with Crippen LogP contribution < -0.4 is 5.32 Å². The molecule has 2 rings (SSSR count). The second-order valence-electron chi connectivity index (χ2n) is 3.20. The van der Waals surface area contributed by atoms with Crippen LogP contribution in [0.15, 0.2) is 23.1 Å². The molecule has 1 aromatic carbocycles. The van der Waals surface area contributed by atoms with Gasteiger partial charge in [0.2, 0.25) is 0 Å². The molecule has 0 bridgehead atoms. The third-order valence-corrected chi connectivity index (χ3v) is 3.88. The van der Waals surface area contributed by atoms with E-state index in [0.29, 0.717) is 10.0 Å². The van der Waals surface area contributed by atoms with Gasteiger partial charge in [0.05, 0.1) is 16.7 Å². The maximum atomic E-state index is 5.93. The van der Waals surface area contributed by atoms with Crippen LogP contribution in [-0.4, -0.2) is 25.1 Å². The molecule has 0 saturated carbocycles. The van der Waals surface area contributed by atoms with Crippen LogP contribution in [0.4, 0.5) is 0 Å². The Morgan fingerprint density at radius 3 is 2.87 bits per heavy atom. The molecule has 15 heavy (non-hydrogen) atoms. The van der Waals surface area contributed by atoms with E-state index < -0.39 is 0 Å². The van der Waals surface area contributed by atoms with Gasteiger partial charge in [-0.25, -0.2) is 0 Å². The maximum absolute atomic E-state index is 5.93. The van der Waals surface area contributed by atoms with Crippen LogP contribution in [0.2, 0.25) is 10.0 Å². The van der Waals surface area contributed by atoms with Gasteiger partial charge in [0, 0.05) is 18.0 Å². The van der Waals surface area contributed by atoms with E-state index >= 15 is 0 Å². The highest BCUT2D eigenvalue weighted by Crippen LogP contribution is 2.30. The van der Waals surface area contributed by atoms with Crippen molar-refractivity contribution in [2.75, 3.05) is 19.7 Å². The predicted molar refractivity (Wildman–Crippen MR) is 64.9 cm³/mol. The number of hydrogen-bond acceptors (Lipinski definition) is 3. The Kier molecular flexibility index (Phi) is 4.17. The van der Waals surface area contributed by atoms with E-state index in [4.69, 9.17) is 27.9 Å². The molecular formula is C10H11Cl2NOS. The minimum absolute atomic E-state index is 0.163. The molecule has 82 valence electrons. The van der Waals surface area contributed by atoms with E-state index in [1.165, 1.54) is 0 Å². The van der Waals surface area contributed by atoms with Crippen LogP contribution in [0.25, 0.3) is 0 Å². The van der Waals surface area contributed by atoms with Crippen LogP contribution in [0.5, 0.6) is 0 Å². The summed E-state index contributed by atoms with van der Waals surface area (Å²) in [6.07, 6.45) is 0. The van der Waals surface area contributed by atoms with E-state index in [1.54, 1.807) is 11.8 Å². The van der Waals surface area contributed by atoms with Crippen molar-refractivity contribution in [2.45, 2.75) is 10.3 Å². The molecule has 1 aliphatic heterocycles. The lowest BCUT2D eigenvalue weighted by molar-refractivity contribution is 0.0853. The number of nitrogens with one attached hydrogen (secondary N) is 1. The van der Waals surface area contributed by atoms with Crippen LogP contribution in [0, 0.1) is 0 Å². The van der Waals surface area contributed by atoms with Gasteiger partial charge < -0.3 is 10.1 Å². The highest BCUT2D eigenvalue weighted by molar-refractivity contribution is 7.99. The van der Waals surface area contributed by atoms with Crippen molar-refractivity contribution in [3.05, 3.63) is 28.2 Å². The normalized spacial score (nSPS) is 21.6. The lowest BCUT2D eigenvalue weighted by atomic mass is 10.4. The second kappa shape index (κ2) is 5.41. The fourth-order valence-corrected chi connectivity index (χ4v) is 2.68. The minimum Gasteiger partial charge on any atom is -0.365 e. The lowest BCUT2D eigenvalue weighted by Gasteiger charge is -2.23. The Morgan fingerprint density at radius 1 is 1.33 bits per heavy atom. The Morgan fingerprint density at radius 2 is 2.20 bits per heavy atom. The Hall–Kier alpha value is 0.0700. The molecule has 1 heterocycles. The predicted octanol–water partition coefficient (Wildman–Crippen LogP) is 3.03. The molecule has 1 atom stereocenters. The molecule has 1 unspecified atom stereocenters. The average Bonchev–Trinajstić information content (AvgIpc) is 2.25. The Bertz CT molecular complexity index is 342. The van der Waals surface area contributed by atoms with Crippen LogP contribution in [0.1, 0.15) is 0 Å². The van der Waals surface area contributed by atoms with E-state index in [0.717, 1.165) is 24.6 Å². The summed E-state index contributed by atoms with van der Waals surface area (Å²) < 4.78 is 5.58. The molecule has 1 saturated heterocycles. The average molecular weight is 264 g/mol. The summed E-state index contributed by atoms with van der Waals surface area (Å²) >= 11 is 13.4. The SMILES string of the molecule is Clc1ccc(SC2CNCCO2)cc1Cl. The summed E-state index contributed by atoms with van der Waals surface area (Å²) in [5.41, 5.74) is 0.163. The highest BCUT2D eigenvalue weighted by Gasteiger charge is 2.14. The van der Waals surface area contributed by atoms with Crippen LogP contribution in [0.3, 0.4) is 0 Å². The van der Waals surface area contributed by atoms with Gasteiger partial charge in [-0.1, -0.05) is 35.0 Å². The summed E-state index contributed by atoms with van der Waals surface area (Å²) in [4.78, 5) is 1.08. The number of benzene rings is 1. The fourth-order valence-electron chi connectivity index (χ4n) is 1.32. The minimum atomic E-state index is 0.163. The summed E-state index contributed by atoms with van der Waals surface area (Å²) in [5.74, 6) is 0. The number of halogens is 2. The van der Waals surface area contributed by atoms with Gasteiger partial charge in [-0.05, 0) is 18.2 Å². The summed E-state index contributed by atoms with van der Waals surface area (Å²) in [6, 6.07) is 5.63. The van der Waals surface area contributed by atoms with Gasteiger partial charge in [0.15, 0.2) is 0 Å². The number of rotatable bonds is 2. The zero-order chi connectivity index (χ0) is 10.7. The van der Waals surface area contributed by atoms with E-state index in [-0.39, 0.29) is 5.44 Å². The largest absolute Gasteiger partial charge is 0.365 e. The first-order valence-corrected chi connectivity index (χ1v) is 6.33. The van der Waals surface area contributed by atoms with Crippen molar-refractivity contribution in [1.29, 1.82) is 0 Å². The number of morpholine rings is 1. The molecule has 2 nitrogen and oxygen atoms in total. The first-order chi connectivity index (χ1) is 7.25. The van der Waals surface area contributed by atoms with Gasteiger partial charge in [-0.3, -0.25) is 0 Å². The van der Waals surface area contributed by atoms with Crippen molar-refractivity contribution in [3.63, 3.8) is 0 Å². The smallest absolute Gasteiger partial charge is 0.120 e. The molecule has 0 radical (unpaired) electrons. The summed E-state index contributed by atoms with van der Waals surface area (Å²) in [5, 5.41) is 4.45. The zero-order valence-corrected chi connectivity index (χ0v) is 10.3. The third kappa shape index (κ3) is 3.26. The van der Waals surface area contributed by atoms with Gasteiger partial charge in [0.25, 0.3) is 0 Å². The van der Waals surface area contributed by atoms with Gasteiger partial charge in [0.1, 0.15) is 5.44 Å². The molecule has 0 spiro atoms. The van der Waals surface area contributed by atoms with Crippen LogP contribution >= 0.6 is 35.0 Å². The van der Waals surface area contributed by atoms with Crippen molar-refractivity contribution in [3.8, 4) is 0 Å². The molecular weight excluding hydrogens is 253 g/mol. The lowest BCUT2D eigenvalue weighted by Crippen LogP contribution is -2.36. The molecule has 0 aromatic heterocycles. The number of hydrogen-bond donors (Lipinski definition) is 1. The number of ether oxygens (including phenoxy) is 1. The number of thioether (sulfide) groups is 1. The van der Waals surface area contributed by atoms with E-state index in [2.05, 4.69) is 5.32 Å². The zero-order valence-electron chi connectivity index (χ0n) is 8.00. The first-order valence-electron chi connectivity index (χ1n) is 4.70. The third-order valence-electron chi connectivity index (χ3n) is 2.05. The van der Waals surface area contributed by atoms with Gasteiger partial charge >= 0.3 is 0 Å². The fraction of sp³-hybridized carbons (Fsp3) is 0.400. The van der Waals surface area contributed by atoms with E-state index in [9.17, 15) is 0 Å². The van der Waals surface area contributed by atoms with Crippen molar-refractivity contribution < 1.29 is 4.74 Å². The Balaban J connectivity index is 2.00. The first kappa shape index (κ1) is 11.6. The topological polar surface area (TPSA) is 21.3 Å². The van der Waals surface area contributed by atoms with Crippen LogP contribution in [-0.2, 0) is 4.74 Å². The second-order valence-corrected chi connectivity index (χ2v) is 5.25. The molecule has 1 fully saturated rings. The Labute approximate surface area is 103 Å². The van der Waals surface area contributed by atoms with E-state index in [1.807, 2.05) is 18.2 Å². The van der Waals surface area contributed by atoms with Crippen molar-refractivity contribution in [1.82, 2.24) is 5.32 Å². The molecule has 1 aromatic rings. The quantitative estimate of drug-likeness (QED) is 0.887. The molecule has 0 amide bonds. The highest BCUT2D eigenvalue weighted by atomic mass is 35.5. The maximum Gasteiger partial charge on any atom is 0.120 e. The van der Waals surface area contributed by atoms with Crippen molar-refractivity contribution >= 4 is 35.0 Å². The monoisotopic (exact) mass is 263 g/mol.